The van der Waals surface area contributed by atoms with E-state index in [1.165, 1.54) is 6.08 Å². The zero-order chi connectivity index (χ0) is 21.2. The highest BCUT2D eigenvalue weighted by molar-refractivity contribution is 5.87. The second-order valence-electron chi connectivity index (χ2n) is 6.49. The van der Waals surface area contributed by atoms with Crippen molar-refractivity contribution < 1.29 is 23.7 Å². The predicted octanol–water partition coefficient (Wildman–Crippen LogP) is 5.04. The van der Waals surface area contributed by atoms with Crippen LogP contribution in [0.15, 0.2) is 78.9 Å². The molecule has 0 atom stereocenters. The Bertz CT molecular complexity index is 958. The fraction of sp³-hybridized carbons (Fsp3) is 0.160. The molecule has 0 aliphatic heterocycles. The molecule has 3 rings (SSSR count). The van der Waals surface area contributed by atoms with E-state index >= 15 is 0 Å². The molecule has 154 valence electrons. The minimum Gasteiger partial charge on any atom is -0.497 e. The average molecular weight is 404 g/mol. The van der Waals surface area contributed by atoms with E-state index < -0.39 is 5.97 Å². The molecule has 5 nitrogen and oxygen atoms in total. The Balaban J connectivity index is 1.45. The van der Waals surface area contributed by atoms with E-state index in [-0.39, 0.29) is 6.61 Å². The van der Waals surface area contributed by atoms with Gasteiger partial charge in [-0.2, -0.15) is 0 Å². The van der Waals surface area contributed by atoms with Crippen LogP contribution in [0.3, 0.4) is 0 Å². The largest absolute Gasteiger partial charge is 0.497 e. The molecule has 0 radical (unpaired) electrons. The number of carbonyl (C=O) groups is 1. The van der Waals surface area contributed by atoms with E-state index in [2.05, 4.69) is 0 Å². The Hall–Kier alpha value is -3.73. The first-order valence-corrected chi connectivity index (χ1v) is 9.50. The molecule has 0 unspecified atom stereocenters. The van der Waals surface area contributed by atoms with Crippen molar-refractivity contribution in [1.82, 2.24) is 0 Å². The summed E-state index contributed by atoms with van der Waals surface area (Å²) in [7, 11) is 3.25. The summed E-state index contributed by atoms with van der Waals surface area (Å²) in [6.07, 6.45) is 3.13. The maximum Gasteiger partial charge on any atom is 0.331 e. The van der Waals surface area contributed by atoms with Crippen LogP contribution in [-0.2, 0) is 22.7 Å². The van der Waals surface area contributed by atoms with Gasteiger partial charge in [0.1, 0.15) is 30.5 Å². The lowest BCUT2D eigenvalue weighted by Gasteiger charge is -2.07. The maximum atomic E-state index is 11.9. The summed E-state index contributed by atoms with van der Waals surface area (Å²) < 4.78 is 21.3. The van der Waals surface area contributed by atoms with Crippen LogP contribution in [0, 0.1) is 0 Å². The number of hydrogen-bond acceptors (Lipinski definition) is 5. The highest BCUT2D eigenvalue weighted by atomic mass is 16.5. The third-order valence-corrected chi connectivity index (χ3v) is 4.40. The van der Waals surface area contributed by atoms with Gasteiger partial charge in [0.2, 0.25) is 0 Å². The van der Waals surface area contributed by atoms with Gasteiger partial charge >= 0.3 is 5.97 Å². The van der Waals surface area contributed by atoms with Crippen molar-refractivity contribution >= 4 is 12.0 Å². The smallest absolute Gasteiger partial charge is 0.331 e. The average Bonchev–Trinajstić information content (AvgIpc) is 2.81. The first-order valence-electron chi connectivity index (χ1n) is 9.50. The maximum absolute atomic E-state index is 11.9. The molecular formula is C25H24O5. The van der Waals surface area contributed by atoms with Crippen molar-refractivity contribution in [1.29, 1.82) is 0 Å². The lowest BCUT2D eigenvalue weighted by Crippen LogP contribution is -2.00. The Morgan fingerprint density at radius 1 is 0.700 bits per heavy atom. The monoisotopic (exact) mass is 404 g/mol. The quantitative estimate of drug-likeness (QED) is 0.369. The first-order chi connectivity index (χ1) is 14.7. The van der Waals surface area contributed by atoms with Crippen LogP contribution >= 0.6 is 0 Å². The van der Waals surface area contributed by atoms with Gasteiger partial charge in [0.15, 0.2) is 0 Å². The van der Waals surface area contributed by atoms with E-state index in [9.17, 15) is 4.79 Å². The molecule has 0 saturated carbocycles. The van der Waals surface area contributed by atoms with Crippen molar-refractivity contribution in [2.75, 3.05) is 14.2 Å². The van der Waals surface area contributed by atoms with E-state index in [1.54, 1.807) is 20.3 Å². The molecule has 0 heterocycles. The summed E-state index contributed by atoms with van der Waals surface area (Å²) in [6, 6.07) is 22.6. The highest BCUT2D eigenvalue weighted by Crippen LogP contribution is 2.17. The molecule has 0 saturated heterocycles. The molecule has 0 amide bonds. The van der Waals surface area contributed by atoms with E-state index in [0.717, 1.165) is 33.9 Å². The fourth-order valence-corrected chi connectivity index (χ4v) is 2.65. The van der Waals surface area contributed by atoms with E-state index in [1.807, 2.05) is 72.8 Å². The lowest BCUT2D eigenvalue weighted by molar-refractivity contribution is -0.138. The molecule has 0 fully saturated rings. The number of esters is 1. The van der Waals surface area contributed by atoms with Crippen molar-refractivity contribution in [3.63, 3.8) is 0 Å². The molecule has 0 spiro atoms. The van der Waals surface area contributed by atoms with Crippen molar-refractivity contribution in [3.05, 3.63) is 95.6 Å². The number of rotatable bonds is 9. The molecule has 0 bridgehead atoms. The minimum absolute atomic E-state index is 0.214. The van der Waals surface area contributed by atoms with Crippen LogP contribution in [0.4, 0.5) is 0 Å². The molecule has 0 aliphatic rings. The number of ether oxygens (including phenoxy) is 4. The first kappa shape index (κ1) is 21.0. The van der Waals surface area contributed by atoms with Crippen LogP contribution in [0.5, 0.6) is 17.2 Å². The minimum atomic E-state index is -0.398. The third-order valence-electron chi connectivity index (χ3n) is 4.40. The second kappa shape index (κ2) is 10.7. The summed E-state index contributed by atoms with van der Waals surface area (Å²) in [4.78, 5) is 11.9. The SMILES string of the molecule is COc1ccc(COC(=O)/C=C\c2ccc(OCc3ccc(OC)cc3)cc2)cc1. The normalized spacial score (nSPS) is 10.6. The van der Waals surface area contributed by atoms with Crippen LogP contribution in [-0.4, -0.2) is 20.2 Å². The Morgan fingerprint density at radius 2 is 1.20 bits per heavy atom. The predicted molar refractivity (Wildman–Crippen MR) is 116 cm³/mol. The van der Waals surface area contributed by atoms with Crippen LogP contribution in [0.25, 0.3) is 6.08 Å². The van der Waals surface area contributed by atoms with Gasteiger partial charge in [-0.05, 0) is 59.2 Å². The number of hydrogen-bond donors (Lipinski definition) is 0. The number of carbonyl (C=O) groups excluding carboxylic acids is 1. The van der Waals surface area contributed by atoms with Gasteiger partial charge < -0.3 is 18.9 Å². The molecule has 3 aromatic carbocycles. The third kappa shape index (κ3) is 6.41. The molecule has 0 N–H and O–H groups in total. The van der Waals surface area contributed by atoms with E-state index in [0.29, 0.717) is 6.61 Å². The van der Waals surface area contributed by atoms with Crippen molar-refractivity contribution in [3.8, 4) is 17.2 Å². The van der Waals surface area contributed by atoms with Crippen LogP contribution < -0.4 is 14.2 Å². The number of methoxy groups -OCH3 is 2. The summed E-state index contributed by atoms with van der Waals surface area (Å²) >= 11 is 0. The topological polar surface area (TPSA) is 54.0 Å². The van der Waals surface area contributed by atoms with Gasteiger partial charge in [0.25, 0.3) is 0 Å². The second-order valence-corrected chi connectivity index (χ2v) is 6.49. The molecular weight excluding hydrogens is 380 g/mol. The zero-order valence-electron chi connectivity index (χ0n) is 17.0. The Kier molecular flexibility index (Phi) is 7.50. The summed E-state index contributed by atoms with van der Waals surface area (Å²) in [5.74, 6) is 1.94. The van der Waals surface area contributed by atoms with Gasteiger partial charge in [-0.3, -0.25) is 0 Å². The van der Waals surface area contributed by atoms with Gasteiger partial charge in [0.05, 0.1) is 14.2 Å². The van der Waals surface area contributed by atoms with E-state index in [4.69, 9.17) is 18.9 Å². The molecule has 30 heavy (non-hydrogen) atoms. The zero-order valence-corrected chi connectivity index (χ0v) is 17.0. The standard InChI is InChI=1S/C25H24O5/c1-27-22-10-5-20(6-11-22)17-29-24-14-3-19(4-15-24)9-16-25(26)30-18-21-7-12-23(28-2)13-8-21/h3-16H,17-18H2,1-2H3/b16-9-. The molecule has 3 aromatic rings. The summed E-state index contributed by atoms with van der Waals surface area (Å²) in [6.45, 7) is 0.683. The van der Waals surface area contributed by atoms with Gasteiger partial charge in [-0.25, -0.2) is 4.79 Å². The fourth-order valence-electron chi connectivity index (χ4n) is 2.65. The van der Waals surface area contributed by atoms with Crippen molar-refractivity contribution in [2.24, 2.45) is 0 Å². The van der Waals surface area contributed by atoms with Crippen molar-refractivity contribution in [2.45, 2.75) is 13.2 Å². The van der Waals surface area contributed by atoms with Crippen LogP contribution in [0.2, 0.25) is 0 Å². The Labute approximate surface area is 176 Å². The number of benzene rings is 3. The molecule has 5 heteroatoms. The van der Waals surface area contributed by atoms with Gasteiger partial charge in [-0.15, -0.1) is 0 Å². The van der Waals surface area contributed by atoms with Crippen LogP contribution in [0.1, 0.15) is 16.7 Å². The van der Waals surface area contributed by atoms with Gasteiger partial charge in [0, 0.05) is 6.08 Å². The summed E-state index contributed by atoms with van der Waals surface area (Å²) in [5.41, 5.74) is 2.84. The lowest BCUT2D eigenvalue weighted by atomic mass is 10.2. The van der Waals surface area contributed by atoms with Gasteiger partial charge in [-0.1, -0.05) is 36.4 Å². The molecule has 0 aliphatic carbocycles. The Morgan fingerprint density at radius 3 is 1.73 bits per heavy atom. The molecule has 0 aromatic heterocycles. The highest BCUT2D eigenvalue weighted by Gasteiger charge is 2.01. The summed E-state index contributed by atoms with van der Waals surface area (Å²) in [5, 5.41) is 0.